The summed E-state index contributed by atoms with van der Waals surface area (Å²) in [5, 5.41) is 11.8. The predicted octanol–water partition coefficient (Wildman–Crippen LogP) is 4.71. The maximum absolute atomic E-state index is 13.3. The van der Waals surface area contributed by atoms with Gasteiger partial charge >= 0.3 is 0 Å². The Morgan fingerprint density at radius 3 is 2.78 bits per heavy atom. The lowest BCUT2D eigenvalue weighted by atomic mass is 9.74. The highest BCUT2D eigenvalue weighted by Crippen LogP contribution is 2.42. The van der Waals surface area contributed by atoms with Crippen LogP contribution in [0.5, 0.6) is 0 Å². The molecule has 4 rings (SSSR count). The van der Waals surface area contributed by atoms with Gasteiger partial charge in [0.05, 0.1) is 5.75 Å². The summed E-state index contributed by atoms with van der Waals surface area (Å²) in [6, 6.07) is 11.4. The summed E-state index contributed by atoms with van der Waals surface area (Å²) in [7, 11) is 3.63. The molecule has 0 spiro atoms. The number of thiophene rings is 1. The van der Waals surface area contributed by atoms with Crippen LogP contribution in [0.15, 0.2) is 46.9 Å². The minimum atomic E-state index is -1.02. The van der Waals surface area contributed by atoms with Crippen molar-refractivity contribution in [3.8, 4) is 0 Å². The predicted molar refractivity (Wildman–Crippen MR) is 128 cm³/mol. The lowest BCUT2D eigenvalue weighted by Gasteiger charge is -2.44. The molecular formula is C23H25ClN4O2S2. The maximum Gasteiger partial charge on any atom is 0.233 e. The largest absolute Gasteiger partial charge is 0.328 e. The van der Waals surface area contributed by atoms with Gasteiger partial charge in [0, 0.05) is 42.4 Å². The molecule has 0 radical (unpaired) electrons. The van der Waals surface area contributed by atoms with E-state index in [-0.39, 0.29) is 17.4 Å². The van der Waals surface area contributed by atoms with Crippen molar-refractivity contribution in [2.75, 3.05) is 12.8 Å². The Morgan fingerprint density at radius 2 is 2.06 bits per heavy atom. The quantitative estimate of drug-likeness (QED) is 0.450. The van der Waals surface area contributed by atoms with E-state index >= 15 is 0 Å². The van der Waals surface area contributed by atoms with Crippen LogP contribution < -0.4 is 0 Å². The van der Waals surface area contributed by atoms with E-state index in [4.69, 9.17) is 11.6 Å². The van der Waals surface area contributed by atoms with Crippen LogP contribution in [-0.2, 0) is 28.6 Å². The normalized spacial score (nSPS) is 18.7. The third-order valence-corrected chi connectivity index (χ3v) is 8.29. The van der Waals surface area contributed by atoms with Crippen LogP contribution >= 0.6 is 34.7 Å². The van der Waals surface area contributed by atoms with Crippen molar-refractivity contribution in [3.05, 3.63) is 63.1 Å². The van der Waals surface area contributed by atoms with Crippen molar-refractivity contribution >= 4 is 46.4 Å². The smallest absolute Gasteiger partial charge is 0.233 e. The minimum absolute atomic E-state index is 0.0505. The maximum atomic E-state index is 13.3. The Morgan fingerprint density at radius 1 is 1.25 bits per heavy atom. The molecule has 1 saturated carbocycles. The fourth-order valence-corrected chi connectivity index (χ4v) is 6.10. The van der Waals surface area contributed by atoms with Gasteiger partial charge < -0.3 is 9.47 Å². The van der Waals surface area contributed by atoms with Crippen molar-refractivity contribution in [1.29, 1.82) is 0 Å². The first kappa shape index (κ1) is 23.0. The minimum Gasteiger partial charge on any atom is -0.328 e. The molecule has 1 atom stereocenters. The van der Waals surface area contributed by atoms with Crippen molar-refractivity contribution < 1.29 is 9.59 Å². The summed E-state index contributed by atoms with van der Waals surface area (Å²) in [6.45, 7) is 0. The van der Waals surface area contributed by atoms with E-state index in [1.54, 1.807) is 29.4 Å². The van der Waals surface area contributed by atoms with Gasteiger partial charge in [0.1, 0.15) is 11.4 Å². The van der Waals surface area contributed by atoms with Gasteiger partial charge in [-0.25, -0.2) is 0 Å². The zero-order chi connectivity index (χ0) is 22.7. The number of hydrogen-bond acceptors (Lipinski definition) is 6. The summed E-state index contributed by atoms with van der Waals surface area (Å²) in [5.74, 6) is 0.939. The Labute approximate surface area is 201 Å². The van der Waals surface area contributed by atoms with E-state index in [9.17, 15) is 9.59 Å². The highest BCUT2D eigenvalue weighted by Gasteiger charge is 2.47. The second kappa shape index (κ2) is 9.77. The highest BCUT2D eigenvalue weighted by atomic mass is 35.5. The molecule has 2 aromatic heterocycles. The third-order valence-electron chi connectivity index (χ3n) is 6.08. The molecule has 6 nitrogen and oxygen atoms in total. The first-order chi connectivity index (χ1) is 15.4. The van der Waals surface area contributed by atoms with Gasteiger partial charge in [0.25, 0.3) is 0 Å². The van der Waals surface area contributed by atoms with E-state index in [1.165, 1.54) is 16.6 Å². The van der Waals surface area contributed by atoms with Crippen LogP contribution in [0, 0.1) is 0 Å². The van der Waals surface area contributed by atoms with Crippen LogP contribution in [-0.4, -0.2) is 44.2 Å². The van der Waals surface area contributed by atoms with E-state index in [2.05, 4.69) is 16.3 Å². The Kier molecular flexibility index (Phi) is 7.02. The molecule has 1 aromatic carbocycles. The molecular weight excluding hydrogens is 464 g/mol. The number of carbonyl (C=O) groups is 2. The lowest BCUT2D eigenvalue weighted by molar-refractivity contribution is -0.146. The van der Waals surface area contributed by atoms with Crippen LogP contribution in [0.3, 0.4) is 0 Å². The molecule has 1 amide bonds. The number of amides is 1. The standard InChI is InChI=1S/C23H25ClN4O2S2/c1-27-20(14-16-8-7-13-31-16)25-26-22(27)32-15-21(30)28(2)23(12-6-5-11-19(23)29)17-9-3-4-10-18(17)24/h3-4,7-10,13H,5-6,11-12,14-15H2,1-2H3. The van der Waals surface area contributed by atoms with Gasteiger partial charge in [-0.15, -0.1) is 21.5 Å². The van der Waals surface area contributed by atoms with Gasteiger partial charge in [0.2, 0.25) is 5.91 Å². The van der Waals surface area contributed by atoms with Crippen LogP contribution in [0.4, 0.5) is 0 Å². The Bertz CT molecular complexity index is 1120. The molecule has 2 heterocycles. The van der Waals surface area contributed by atoms with Gasteiger partial charge in [-0.05, 0) is 36.8 Å². The van der Waals surface area contributed by atoms with Gasteiger partial charge in [-0.3, -0.25) is 9.59 Å². The number of Topliss-reactive ketones (excluding diaryl/α,β-unsaturated/α-hetero) is 1. The second-order valence-corrected chi connectivity index (χ2v) is 10.3. The van der Waals surface area contributed by atoms with Crippen molar-refractivity contribution in [3.63, 3.8) is 0 Å². The average Bonchev–Trinajstić information content (AvgIpc) is 3.43. The fraction of sp³-hybridized carbons (Fsp3) is 0.391. The molecule has 1 fully saturated rings. The molecule has 0 saturated heterocycles. The van der Waals surface area contributed by atoms with Gasteiger partial charge in [-0.2, -0.15) is 0 Å². The number of hydrogen-bond donors (Lipinski definition) is 0. The average molecular weight is 489 g/mol. The zero-order valence-corrected chi connectivity index (χ0v) is 20.5. The monoisotopic (exact) mass is 488 g/mol. The van der Waals surface area contributed by atoms with Gasteiger partial charge in [-0.1, -0.05) is 47.6 Å². The summed E-state index contributed by atoms with van der Waals surface area (Å²) < 4.78 is 1.92. The summed E-state index contributed by atoms with van der Waals surface area (Å²) in [5.41, 5.74) is -0.303. The lowest BCUT2D eigenvalue weighted by Crippen LogP contribution is -2.54. The van der Waals surface area contributed by atoms with Crippen LogP contribution in [0.25, 0.3) is 0 Å². The first-order valence-corrected chi connectivity index (χ1v) is 12.8. The van der Waals surface area contributed by atoms with Crippen LogP contribution in [0.1, 0.15) is 41.9 Å². The number of benzene rings is 1. The molecule has 1 aliphatic rings. The second-order valence-electron chi connectivity index (χ2n) is 7.93. The Balaban J connectivity index is 1.52. The highest BCUT2D eigenvalue weighted by molar-refractivity contribution is 7.99. The van der Waals surface area contributed by atoms with E-state index < -0.39 is 5.54 Å². The molecule has 3 aromatic rings. The number of rotatable bonds is 7. The molecule has 0 N–H and O–H groups in total. The van der Waals surface area contributed by atoms with Crippen LogP contribution in [0.2, 0.25) is 5.02 Å². The third kappa shape index (κ3) is 4.36. The van der Waals surface area contributed by atoms with Crippen molar-refractivity contribution in [2.24, 2.45) is 7.05 Å². The van der Waals surface area contributed by atoms with Crippen molar-refractivity contribution in [2.45, 2.75) is 42.8 Å². The molecule has 168 valence electrons. The summed E-state index contributed by atoms with van der Waals surface area (Å²) in [4.78, 5) is 29.3. The molecule has 32 heavy (non-hydrogen) atoms. The summed E-state index contributed by atoms with van der Waals surface area (Å²) in [6.07, 6.45) is 3.45. The fourth-order valence-electron chi connectivity index (χ4n) is 4.26. The van der Waals surface area contributed by atoms with Gasteiger partial charge in [0.15, 0.2) is 10.9 Å². The molecule has 1 unspecified atom stereocenters. The number of thioether (sulfide) groups is 1. The first-order valence-electron chi connectivity index (χ1n) is 10.5. The zero-order valence-electron chi connectivity index (χ0n) is 18.1. The number of likely N-dealkylation sites (N-methyl/N-ethyl adjacent to an activating group) is 1. The number of aromatic nitrogens is 3. The van der Waals surface area contributed by atoms with E-state index in [0.717, 1.165) is 18.7 Å². The Hall–Kier alpha value is -2.16. The number of halogens is 1. The molecule has 0 bridgehead atoms. The van der Waals surface area contributed by atoms with E-state index in [1.807, 2.05) is 41.3 Å². The molecule has 0 aliphatic heterocycles. The topological polar surface area (TPSA) is 68.1 Å². The number of carbonyl (C=O) groups excluding carboxylic acids is 2. The number of nitrogens with zero attached hydrogens (tertiary/aromatic N) is 4. The summed E-state index contributed by atoms with van der Waals surface area (Å²) >= 11 is 9.52. The van der Waals surface area contributed by atoms with E-state index in [0.29, 0.717) is 35.0 Å². The van der Waals surface area contributed by atoms with Crippen molar-refractivity contribution in [1.82, 2.24) is 19.7 Å². The molecule has 1 aliphatic carbocycles. The SMILES string of the molecule is CN(C(=O)CSc1nnc(Cc2cccs2)n1C)C1(c2ccccc2Cl)CCCCC1=O. The molecule has 9 heteroatoms. The number of ketones is 1.